The van der Waals surface area contributed by atoms with Crippen molar-refractivity contribution < 1.29 is 47.7 Å². The molecule has 0 spiro atoms. The molecule has 2 saturated heterocycles. The van der Waals surface area contributed by atoms with E-state index in [0.29, 0.717) is 6.42 Å². The van der Waals surface area contributed by atoms with E-state index in [0.717, 1.165) is 21.6 Å². The minimum Gasteiger partial charge on any atom is -0.459 e. The first-order valence-electron chi connectivity index (χ1n) is 20.2. The highest BCUT2D eigenvalue weighted by Crippen LogP contribution is 2.33. The Bertz CT molecular complexity index is 1940. The van der Waals surface area contributed by atoms with Crippen LogP contribution in [0.25, 0.3) is 0 Å². The first-order valence-corrected chi connectivity index (χ1v) is 20.2. The maximum Gasteiger partial charge on any atom is 0.437 e. The molecule has 2 aliphatic rings. The lowest BCUT2D eigenvalue weighted by Crippen LogP contribution is -2.69. The SMILES string of the molecule is CCN(CCC[C@H]1C(=O)N(C(=O)N2CCN(C(=O)OC(C)C(C)C)CC2)C1C(=O)OCc1ccccc1)C(=NC(=O)OCc1ccccc1)NC(=O)OCc1ccccc1. The summed E-state index contributed by atoms with van der Waals surface area (Å²) in [7, 11) is 0. The monoisotopic (exact) mass is 826 g/mol. The molecule has 16 nitrogen and oxygen atoms in total. The number of guanidine groups is 1. The number of aliphatic imine (C=N–C) groups is 1. The number of nitrogens with zero attached hydrogens (tertiary/aromatic N) is 5. The van der Waals surface area contributed by atoms with Gasteiger partial charge in [0.05, 0.1) is 5.92 Å². The van der Waals surface area contributed by atoms with E-state index in [-0.39, 0.29) is 83.5 Å². The highest BCUT2D eigenvalue weighted by atomic mass is 16.6. The summed E-state index contributed by atoms with van der Waals surface area (Å²) in [4.78, 5) is 89.5. The van der Waals surface area contributed by atoms with Crippen LogP contribution in [0.15, 0.2) is 96.0 Å². The Labute approximate surface area is 350 Å². The van der Waals surface area contributed by atoms with Gasteiger partial charge in [0.15, 0.2) is 6.04 Å². The van der Waals surface area contributed by atoms with Gasteiger partial charge < -0.3 is 33.6 Å². The molecule has 320 valence electrons. The molecular weight excluding hydrogens is 773 g/mol. The third kappa shape index (κ3) is 12.5. The molecule has 60 heavy (non-hydrogen) atoms. The molecule has 5 rings (SSSR count). The number of β-lactam (4-membered cyclic amide) rings is 1. The molecule has 0 aromatic heterocycles. The van der Waals surface area contributed by atoms with E-state index >= 15 is 0 Å². The van der Waals surface area contributed by atoms with E-state index in [1.807, 2.05) is 75.4 Å². The van der Waals surface area contributed by atoms with Crippen molar-refractivity contribution >= 4 is 42.1 Å². The molecule has 3 atom stereocenters. The fourth-order valence-corrected chi connectivity index (χ4v) is 6.51. The molecule has 1 N–H and O–H groups in total. The predicted octanol–water partition coefficient (Wildman–Crippen LogP) is 6.20. The van der Waals surface area contributed by atoms with Gasteiger partial charge in [0.2, 0.25) is 11.9 Å². The quantitative estimate of drug-likeness (QED) is 0.0644. The summed E-state index contributed by atoms with van der Waals surface area (Å²) >= 11 is 0. The Morgan fingerprint density at radius 3 is 1.80 bits per heavy atom. The third-order valence-corrected chi connectivity index (χ3v) is 10.4. The number of imide groups is 1. The standard InChI is InChI=1S/C44H54N6O10/c1-5-47(40(45-41(53)58-29-34-18-11-7-12-19-34)46-42(54)59-30-35-20-13-8-14-21-35)23-15-22-36-37(39(52)57-28-33-16-9-6-10-17-33)50(38(36)51)43(55)48-24-26-49(27-25-48)44(56)60-32(4)31(2)3/h6-14,16-21,31-32,36-37H,5,15,22-30H2,1-4H3,(H,45,46,53,54)/t32?,36-,37?/m1/s1. The first kappa shape index (κ1) is 44.6. The molecule has 2 unspecified atom stereocenters. The fourth-order valence-electron chi connectivity index (χ4n) is 6.51. The van der Waals surface area contributed by atoms with Crippen molar-refractivity contribution in [1.82, 2.24) is 24.9 Å². The molecule has 6 amide bonds. The number of likely N-dealkylation sites (tertiary alicyclic amines) is 1. The van der Waals surface area contributed by atoms with Crippen LogP contribution in [0.4, 0.5) is 19.2 Å². The second-order valence-corrected chi connectivity index (χ2v) is 14.8. The molecule has 0 aliphatic carbocycles. The van der Waals surface area contributed by atoms with Crippen molar-refractivity contribution in [2.75, 3.05) is 39.3 Å². The van der Waals surface area contributed by atoms with Crippen LogP contribution < -0.4 is 5.32 Å². The van der Waals surface area contributed by atoms with Gasteiger partial charge in [0.1, 0.15) is 25.9 Å². The zero-order valence-electron chi connectivity index (χ0n) is 34.6. The molecule has 2 aliphatic heterocycles. The van der Waals surface area contributed by atoms with Crippen LogP contribution in [0.1, 0.15) is 57.2 Å². The Kier molecular flexibility index (Phi) is 16.4. The molecule has 0 saturated carbocycles. The van der Waals surface area contributed by atoms with Gasteiger partial charge in [-0.25, -0.2) is 28.9 Å². The lowest BCUT2D eigenvalue weighted by molar-refractivity contribution is -0.171. The number of piperazine rings is 1. The van der Waals surface area contributed by atoms with Crippen LogP contribution in [0.3, 0.4) is 0 Å². The maximum absolute atomic E-state index is 13.8. The number of alkyl carbamates (subject to hydrolysis) is 1. The van der Waals surface area contributed by atoms with Crippen molar-refractivity contribution in [3.05, 3.63) is 108 Å². The van der Waals surface area contributed by atoms with Crippen LogP contribution in [-0.4, -0.2) is 113 Å². The molecule has 2 fully saturated rings. The van der Waals surface area contributed by atoms with Gasteiger partial charge >= 0.3 is 30.3 Å². The number of benzene rings is 3. The van der Waals surface area contributed by atoms with E-state index in [4.69, 9.17) is 18.9 Å². The molecule has 3 aromatic carbocycles. The Morgan fingerprint density at radius 2 is 1.27 bits per heavy atom. The fraction of sp³-hybridized carbons (Fsp3) is 0.432. The van der Waals surface area contributed by atoms with Crippen LogP contribution in [-0.2, 0) is 48.4 Å². The first-order chi connectivity index (χ1) is 28.9. The highest BCUT2D eigenvalue weighted by molar-refractivity contribution is 6.08. The van der Waals surface area contributed by atoms with Gasteiger partial charge in [-0.05, 0) is 49.3 Å². The summed E-state index contributed by atoms with van der Waals surface area (Å²) in [5.41, 5.74) is 2.25. The number of rotatable bonds is 14. The van der Waals surface area contributed by atoms with Gasteiger partial charge in [-0.3, -0.25) is 10.1 Å². The van der Waals surface area contributed by atoms with E-state index in [2.05, 4.69) is 10.3 Å². The molecule has 2 heterocycles. The number of amides is 6. The Morgan fingerprint density at radius 1 is 0.750 bits per heavy atom. The largest absolute Gasteiger partial charge is 0.459 e. The number of hydrogen-bond acceptors (Lipinski definition) is 10. The zero-order chi connectivity index (χ0) is 43.0. The van der Waals surface area contributed by atoms with Crippen LogP contribution in [0, 0.1) is 11.8 Å². The van der Waals surface area contributed by atoms with E-state index in [9.17, 15) is 28.8 Å². The lowest BCUT2D eigenvalue weighted by atomic mass is 9.83. The van der Waals surface area contributed by atoms with Gasteiger partial charge in [0, 0.05) is 39.3 Å². The van der Waals surface area contributed by atoms with Crippen molar-refractivity contribution in [3.8, 4) is 0 Å². The summed E-state index contributed by atoms with van der Waals surface area (Å²) in [6, 6.07) is 25.4. The number of urea groups is 1. The van der Waals surface area contributed by atoms with Crippen molar-refractivity contribution in [1.29, 1.82) is 0 Å². The Hall–Kier alpha value is -6.45. The van der Waals surface area contributed by atoms with Crippen LogP contribution >= 0.6 is 0 Å². The van der Waals surface area contributed by atoms with Crippen LogP contribution in [0.2, 0.25) is 0 Å². The number of ether oxygens (including phenoxy) is 4. The van der Waals surface area contributed by atoms with Gasteiger partial charge in [-0.2, -0.15) is 0 Å². The topological polar surface area (TPSA) is 177 Å². The summed E-state index contributed by atoms with van der Waals surface area (Å²) in [6.07, 6.45) is -2.07. The van der Waals surface area contributed by atoms with E-state index < -0.39 is 48.1 Å². The predicted molar refractivity (Wildman–Crippen MR) is 220 cm³/mol. The van der Waals surface area contributed by atoms with E-state index in [1.165, 1.54) is 9.80 Å². The van der Waals surface area contributed by atoms with Gasteiger partial charge in [0.25, 0.3) is 0 Å². The second-order valence-electron chi connectivity index (χ2n) is 14.8. The summed E-state index contributed by atoms with van der Waals surface area (Å²) in [5, 5.41) is 2.57. The zero-order valence-corrected chi connectivity index (χ0v) is 34.6. The number of carbonyl (C=O) groups excluding carboxylic acids is 6. The summed E-state index contributed by atoms with van der Waals surface area (Å²) in [5.74, 6) is -2.12. The molecule has 0 bridgehead atoms. The third-order valence-electron chi connectivity index (χ3n) is 10.4. The van der Waals surface area contributed by atoms with E-state index in [1.54, 1.807) is 48.2 Å². The molecule has 0 radical (unpaired) electrons. The van der Waals surface area contributed by atoms with Crippen molar-refractivity contribution in [2.45, 2.75) is 72.5 Å². The van der Waals surface area contributed by atoms with Crippen molar-refractivity contribution in [2.24, 2.45) is 16.8 Å². The Balaban J connectivity index is 1.25. The average molecular weight is 827 g/mol. The van der Waals surface area contributed by atoms with Crippen molar-refractivity contribution in [3.63, 3.8) is 0 Å². The number of esters is 1. The smallest absolute Gasteiger partial charge is 0.437 e. The van der Waals surface area contributed by atoms with Gasteiger partial charge in [-0.15, -0.1) is 4.99 Å². The number of carbonyl (C=O) groups is 6. The maximum atomic E-state index is 13.8. The minimum absolute atomic E-state index is 0.0227. The summed E-state index contributed by atoms with van der Waals surface area (Å²) in [6.45, 7) is 8.58. The summed E-state index contributed by atoms with van der Waals surface area (Å²) < 4.78 is 21.9. The van der Waals surface area contributed by atoms with Gasteiger partial charge in [-0.1, -0.05) is 105 Å². The number of nitrogens with one attached hydrogen (secondary N) is 1. The molecule has 16 heteroatoms. The highest BCUT2D eigenvalue weighted by Gasteiger charge is 2.56. The normalized spacial score (nSPS) is 17.0. The number of hydrogen-bond donors (Lipinski definition) is 1. The van der Waals surface area contributed by atoms with Crippen LogP contribution in [0.5, 0.6) is 0 Å². The minimum atomic E-state index is -1.19. The molecular formula is C44H54N6O10. The molecule has 3 aromatic rings. The second kappa shape index (κ2) is 22.1. The average Bonchev–Trinajstić information content (AvgIpc) is 3.26. The lowest BCUT2D eigenvalue weighted by Gasteiger charge is -2.46.